The lowest BCUT2D eigenvalue weighted by Crippen LogP contribution is -2.33. The van der Waals surface area contributed by atoms with Crippen LogP contribution < -0.4 is 4.74 Å². The van der Waals surface area contributed by atoms with E-state index in [1.165, 1.54) is 24.8 Å². The molecule has 0 aliphatic heterocycles. The zero-order chi connectivity index (χ0) is 11.6. The van der Waals surface area contributed by atoms with Crippen LogP contribution in [0.15, 0.2) is 18.2 Å². The fourth-order valence-electron chi connectivity index (χ4n) is 2.32. The van der Waals surface area contributed by atoms with E-state index in [0.717, 1.165) is 23.1 Å². The molecule has 0 saturated heterocycles. The van der Waals surface area contributed by atoms with Crippen LogP contribution in [-0.2, 0) is 6.42 Å². The average Bonchev–Trinajstić information content (AvgIpc) is 2.24. The summed E-state index contributed by atoms with van der Waals surface area (Å²) in [6, 6.07) is 5.78. The van der Waals surface area contributed by atoms with E-state index in [0.29, 0.717) is 0 Å². The molecule has 1 aromatic carbocycles. The molecule has 88 valence electrons. The molecule has 0 amide bonds. The molecule has 1 fully saturated rings. The zero-order valence-corrected chi connectivity index (χ0v) is 10.9. The first-order valence-corrected chi connectivity index (χ1v) is 6.49. The second kappa shape index (κ2) is 4.85. The summed E-state index contributed by atoms with van der Waals surface area (Å²) in [4.78, 5) is 0. The lowest BCUT2D eigenvalue weighted by molar-refractivity contribution is 0.164. The van der Waals surface area contributed by atoms with Crippen molar-refractivity contribution in [3.63, 3.8) is 0 Å². The average molecular weight is 259 g/mol. The van der Waals surface area contributed by atoms with Gasteiger partial charge >= 0.3 is 0 Å². The van der Waals surface area contributed by atoms with Crippen LogP contribution in [0.5, 0.6) is 5.75 Å². The van der Waals surface area contributed by atoms with E-state index in [2.05, 4.69) is 0 Å². The van der Waals surface area contributed by atoms with Crippen molar-refractivity contribution in [1.82, 2.24) is 0 Å². The standard InChI is InChI=1S/C13H16Cl2O/c1-16-12-4-3-11(15)7-10(12)8-13(9-14)5-2-6-13/h3-4,7H,2,5-6,8-9H2,1H3. The number of rotatable bonds is 4. The highest BCUT2D eigenvalue weighted by Gasteiger charge is 2.36. The molecule has 0 bridgehead atoms. The van der Waals surface area contributed by atoms with Gasteiger partial charge in [0.15, 0.2) is 0 Å². The van der Waals surface area contributed by atoms with Crippen molar-refractivity contribution in [3.8, 4) is 5.75 Å². The highest BCUT2D eigenvalue weighted by atomic mass is 35.5. The highest BCUT2D eigenvalue weighted by molar-refractivity contribution is 6.30. The monoisotopic (exact) mass is 258 g/mol. The molecule has 1 aliphatic carbocycles. The molecule has 2 rings (SSSR count). The molecule has 0 heterocycles. The molecule has 16 heavy (non-hydrogen) atoms. The maximum atomic E-state index is 6.07. The quantitative estimate of drug-likeness (QED) is 0.732. The van der Waals surface area contributed by atoms with Gasteiger partial charge < -0.3 is 4.74 Å². The van der Waals surface area contributed by atoms with E-state index in [1.807, 2.05) is 18.2 Å². The van der Waals surface area contributed by atoms with Gasteiger partial charge in [-0.2, -0.15) is 0 Å². The molecule has 0 aromatic heterocycles. The van der Waals surface area contributed by atoms with Gasteiger partial charge in [-0.25, -0.2) is 0 Å². The van der Waals surface area contributed by atoms with E-state index in [4.69, 9.17) is 27.9 Å². The second-order valence-corrected chi connectivity index (χ2v) is 5.32. The first-order chi connectivity index (χ1) is 7.69. The van der Waals surface area contributed by atoms with Crippen molar-refractivity contribution in [2.24, 2.45) is 5.41 Å². The molecule has 0 N–H and O–H groups in total. The highest BCUT2D eigenvalue weighted by Crippen LogP contribution is 2.46. The van der Waals surface area contributed by atoms with Crippen molar-refractivity contribution < 1.29 is 4.74 Å². The Morgan fingerprint density at radius 1 is 1.38 bits per heavy atom. The van der Waals surface area contributed by atoms with E-state index >= 15 is 0 Å². The topological polar surface area (TPSA) is 9.23 Å². The van der Waals surface area contributed by atoms with E-state index < -0.39 is 0 Å². The summed E-state index contributed by atoms with van der Waals surface area (Å²) in [6.45, 7) is 0. The first kappa shape index (κ1) is 12.1. The predicted molar refractivity (Wildman–Crippen MR) is 68.7 cm³/mol. The molecule has 0 radical (unpaired) electrons. The predicted octanol–water partition coefficient (Wildman–Crippen LogP) is 4.30. The molecule has 1 nitrogen and oxygen atoms in total. The zero-order valence-electron chi connectivity index (χ0n) is 9.43. The molecular weight excluding hydrogens is 243 g/mol. The van der Waals surface area contributed by atoms with Gasteiger partial charge in [0.25, 0.3) is 0 Å². The fourth-order valence-corrected chi connectivity index (χ4v) is 2.88. The van der Waals surface area contributed by atoms with Crippen LogP contribution in [0.2, 0.25) is 5.02 Å². The third-order valence-corrected chi connectivity index (χ3v) is 4.31. The Morgan fingerprint density at radius 2 is 2.12 bits per heavy atom. The van der Waals surface area contributed by atoms with Gasteiger partial charge in [0.1, 0.15) is 5.75 Å². The van der Waals surface area contributed by atoms with Gasteiger partial charge in [-0.1, -0.05) is 18.0 Å². The molecule has 1 saturated carbocycles. The number of hydrogen-bond acceptors (Lipinski definition) is 1. The molecule has 0 atom stereocenters. The number of alkyl halides is 1. The van der Waals surface area contributed by atoms with Gasteiger partial charge in [0.05, 0.1) is 7.11 Å². The largest absolute Gasteiger partial charge is 0.496 e. The van der Waals surface area contributed by atoms with Crippen molar-refractivity contribution in [1.29, 1.82) is 0 Å². The smallest absolute Gasteiger partial charge is 0.122 e. The van der Waals surface area contributed by atoms with E-state index in [1.54, 1.807) is 7.11 Å². The lowest BCUT2D eigenvalue weighted by Gasteiger charge is -2.40. The third kappa shape index (κ3) is 2.31. The molecule has 3 heteroatoms. The normalized spacial score (nSPS) is 17.9. The minimum atomic E-state index is 0.277. The lowest BCUT2D eigenvalue weighted by atomic mass is 9.67. The van der Waals surface area contributed by atoms with Crippen molar-refractivity contribution in [2.75, 3.05) is 13.0 Å². The number of benzene rings is 1. The van der Waals surface area contributed by atoms with Gasteiger partial charge in [-0.15, -0.1) is 11.6 Å². The minimum Gasteiger partial charge on any atom is -0.496 e. The number of methoxy groups -OCH3 is 1. The summed E-state index contributed by atoms with van der Waals surface area (Å²) in [5, 5.41) is 0.764. The summed E-state index contributed by atoms with van der Waals surface area (Å²) in [7, 11) is 1.70. The summed E-state index contributed by atoms with van der Waals surface area (Å²) >= 11 is 12.1. The number of hydrogen-bond donors (Lipinski definition) is 0. The van der Waals surface area contributed by atoms with Crippen LogP contribution in [0.25, 0.3) is 0 Å². The summed E-state index contributed by atoms with van der Waals surface area (Å²) in [5.74, 6) is 1.64. The Bertz CT molecular complexity index is 367. The molecule has 1 aromatic rings. The summed E-state index contributed by atoms with van der Waals surface area (Å²) in [6.07, 6.45) is 4.69. The Balaban J connectivity index is 2.22. The van der Waals surface area contributed by atoms with Crippen LogP contribution >= 0.6 is 23.2 Å². The van der Waals surface area contributed by atoms with Crippen molar-refractivity contribution >= 4 is 23.2 Å². The van der Waals surface area contributed by atoms with Gasteiger partial charge in [-0.05, 0) is 48.4 Å². The maximum Gasteiger partial charge on any atom is 0.122 e. The summed E-state index contributed by atoms with van der Waals surface area (Å²) < 4.78 is 5.36. The van der Waals surface area contributed by atoms with Gasteiger partial charge in [0, 0.05) is 10.9 Å². The molecular formula is C13H16Cl2O. The minimum absolute atomic E-state index is 0.277. The first-order valence-electron chi connectivity index (χ1n) is 5.57. The Hall–Kier alpha value is -0.400. The fraction of sp³-hybridized carbons (Fsp3) is 0.538. The van der Waals surface area contributed by atoms with E-state index in [-0.39, 0.29) is 5.41 Å². The summed E-state index contributed by atoms with van der Waals surface area (Å²) in [5.41, 5.74) is 1.45. The third-order valence-electron chi connectivity index (χ3n) is 3.51. The Morgan fingerprint density at radius 3 is 2.62 bits per heavy atom. The van der Waals surface area contributed by atoms with Crippen molar-refractivity contribution in [3.05, 3.63) is 28.8 Å². The van der Waals surface area contributed by atoms with E-state index in [9.17, 15) is 0 Å². The number of ether oxygens (including phenoxy) is 1. The van der Waals surface area contributed by atoms with Crippen LogP contribution in [0.4, 0.5) is 0 Å². The van der Waals surface area contributed by atoms with Crippen LogP contribution in [-0.4, -0.2) is 13.0 Å². The van der Waals surface area contributed by atoms with Crippen molar-refractivity contribution in [2.45, 2.75) is 25.7 Å². The Kier molecular flexibility index (Phi) is 3.66. The molecule has 0 unspecified atom stereocenters. The SMILES string of the molecule is COc1ccc(Cl)cc1CC1(CCl)CCC1. The van der Waals surface area contributed by atoms with Gasteiger partial charge in [-0.3, -0.25) is 0 Å². The van der Waals surface area contributed by atoms with Crippen LogP contribution in [0.3, 0.4) is 0 Å². The molecule has 0 spiro atoms. The molecule has 1 aliphatic rings. The second-order valence-electron chi connectivity index (χ2n) is 4.62. The number of halogens is 2. The maximum absolute atomic E-state index is 6.07. The van der Waals surface area contributed by atoms with Gasteiger partial charge in [0.2, 0.25) is 0 Å². The van der Waals surface area contributed by atoms with Crippen LogP contribution in [0.1, 0.15) is 24.8 Å². The van der Waals surface area contributed by atoms with Crippen LogP contribution in [0, 0.1) is 5.41 Å². The Labute approximate surface area is 107 Å².